The van der Waals surface area contributed by atoms with Crippen molar-refractivity contribution in [1.29, 1.82) is 0 Å². The molecule has 0 saturated carbocycles. The van der Waals surface area contributed by atoms with Gasteiger partial charge in [0.05, 0.1) is 22.8 Å². The molecule has 2 aromatic rings. The van der Waals surface area contributed by atoms with Gasteiger partial charge in [-0.1, -0.05) is 23.2 Å². The fourth-order valence-electron chi connectivity index (χ4n) is 1.94. The minimum Gasteiger partial charge on any atom is -0.495 e. The minimum absolute atomic E-state index is 0.330. The fourth-order valence-corrected chi connectivity index (χ4v) is 2.42. The number of amides is 1. The number of aromatic nitrogens is 2. The van der Waals surface area contributed by atoms with E-state index in [2.05, 4.69) is 10.4 Å². The molecule has 0 radical (unpaired) electrons. The number of hydrogen-bond donors (Lipinski definition) is 1. The van der Waals surface area contributed by atoms with E-state index in [0.717, 1.165) is 0 Å². The van der Waals surface area contributed by atoms with Crippen LogP contribution in [-0.4, -0.2) is 22.8 Å². The Balaban J connectivity index is 2.28. The second-order valence-electron chi connectivity index (χ2n) is 4.37. The van der Waals surface area contributed by atoms with Gasteiger partial charge in [0, 0.05) is 12.2 Å². The quantitative estimate of drug-likeness (QED) is 0.929. The van der Waals surface area contributed by atoms with Gasteiger partial charge in [-0.3, -0.25) is 9.48 Å². The van der Waals surface area contributed by atoms with Gasteiger partial charge in [0.25, 0.3) is 5.91 Å². The SMILES string of the molecule is CCn1nc(C)c(Cl)c1C(=O)Nc1ccc(OC)c(Cl)c1. The molecule has 0 aliphatic carbocycles. The number of carbonyl (C=O) groups is 1. The molecule has 7 heteroatoms. The monoisotopic (exact) mass is 327 g/mol. The maximum absolute atomic E-state index is 12.4. The molecule has 0 bridgehead atoms. The Morgan fingerprint density at radius 1 is 1.43 bits per heavy atom. The van der Waals surface area contributed by atoms with Gasteiger partial charge in [-0.25, -0.2) is 0 Å². The van der Waals surface area contributed by atoms with Gasteiger partial charge in [-0.15, -0.1) is 0 Å². The van der Waals surface area contributed by atoms with Crippen molar-refractivity contribution in [3.63, 3.8) is 0 Å². The van der Waals surface area contributed by atoms with Gasteiger partial charge >= 0.3 is 0 Å². The first kappa shape index (κ1) is 15.7. The lowest BCUT2D eigenvalue weighted by atomic mass is 10.2. The molecule has 0 spiro atoms. The van der Waals surface area contributed by atoms with Crippen LogP contribution in [0.1, 0.15) is 23.1 Å². The molecule has 0 unspecified atom stereocenters. The van der Waals surface area contributed by atoms with Crippen LogP contribution in [0.5, 0.6) is 5.75 Å². The summed E-state index contributed by atoms with van der Waals surface area (Å²) < 4.78 is 6.64. The smallest absolute Gasteiger partial charge is 0.275 e. The molecule has 21 heavy (non-hydrogen) atoms. The van der Waals surface area contributed by atoms with Crippen molar-refractivity contribution in [2.45, 2.75) is 20.4 Å². The van der Waals surface area contributed by atoms with Gasteiger partial charge in [-0.05, 0) is 32.0 Å². The molecule has 1 aromatic carbocycles. The molecule has 0 aliphatic heterocycles. The van der Waals surface area contributed by atoms with Gasteiger partial charge in [-0.2, -0.15) is 5.10 Å². The topological polar surface area (TPSA) is 56.2 Å². The van der Waals surface area contributed by atoms with Gasteiger partial charge in [0.1, 0.15) is 11.4 Å². The number of halogens is 2. The summed E-state index contributed by atoms with van der Waals surface area (Å²) in [6.45, 7) is 4.21. The summed E-state index contributed by atoms with van der Waals surface area (Å²) in [6.07, 6.45) is 0. The van der Waals surface area contributed by atoms with Crippen molar-refractivity contribution >= 4 is 34.8 Å². The predicted molar refractivity (Wildman–Crippen MR) is 83.6 cm³/mol. The van der Waals surface area contributed by atoms with E-state index in [1.54, 1.807) is 29.8 Å². The highest BCUT2D eigenvalue weighted by Crippen LogP contribution is 2.28. The van der Waals surface area contributed by atoms with Crippen LogP contribution in [0.2, 0.25) is 10.0 Å². The van der Waals surface area contributed by atoms with E-state index in [9.17, 15) is 4.79 Å². The van der Waals surface area contributed by atoms with Crippen LogP contribution in [0.3, 0.4) is 0 Å². The Morgan fingerprint density at radius 2 is 2.14 bits per heavy atom. The molecule has 112 valence electrons. The molecule has 0 saturated heterocycles. The predicted octanol–water partition coefficient (Wildman–Crippen LogP) is 3.78. The van der Waals surface area contributed by atoms with Crippen molar-refractivity contribution in [2.75, 3.05) is 12.4 Å². The number of methoxy groups -OCH3 is 1. The molecular formula is C14H15Cl2N3O2. The van der Waals surface area contributed by atoms with E-state index in [4.69, 9.17) is 27.9 Å². The summed E-state index contributed by atoms with van der Waals surface area (Å²) in [5.74, 6) is 0.214. The van der Waals surface area contributed by atoms with Crippen LogP contribution in [0, 0.1) is 6.92 Å². The second kappa shape index (κ2) is 6.37. The van der Waals surface area contributed by atoms with Crippen molar-refractivity contribution < 1.29 is 9.53 Å². The average molecular weight is 328 g/mol. The summed E-state index contributed by atoms with van der Waals surface area (Å²) in [6, 6.07) is 5.00. The van der Waals surface area contributed by atoms with E-state index in [0.29, 0.717) is 39.4 Å². The van der Waals surface area contributed by atoms with Crippen LogP contribution in [0.4, 0.5) is 5.69 Å². The molecule has 0 fully saturated rings. The van der Waals surface area contributed by atoms with Crippen LogP contribution in [-0.2, 0) is 6.54 Å². The van der Waals surface area contributed by atoms with E-state index in [1.165, 1.54) is 7.11 Å². The molecular weight excluding hydrogens is 313 g/mol. The summed E-state index contributed by atoms with van der Waals surface area (Å²) in [4.78, 5) is 12.4. The molecule has 2 rings (SSSR count). The Labute approximate surface area is 132 Å². The van der Waals surface area contributed by atoms with Gasteiger partial charge < -0.3 is 10.1 Å². The zero-order valence-electron chi connectivity index (χ0n) is 11.9. The third-order valence-electron chi connectivity index (χ3n) is 2.98. The Bertz CT molecular complexity index is 683. The summed E-state index contributed by atoms with van der Waals surface area (Å²) in [5, 5.41) is 7.74. The lowest BCUT2D eigenvalue weighted by Crippen LogP contribution is -2.17. The number of nitrogens with zero attached hydrogens (tertiary/aromatic N) is 2. The number of ether oxygens (including phenoxy) is 1. The number of anilines is 1. The average Bonchev–Trinajstić information content (AvgIpc) is 2.74. The van der Waals surface area contributed by atoms with Crippen LogP contribution in [0.25, 0.3) is 0 Å². The standard InChI is InChI=1S/C14H15Cl2N3O2/c1-4-19-13(12(16)8(2)18-19)14(20)17-9-5-6-11(21-3)10(15)7-9/h5-7H,4H2,1-3H3,(H,17,20). The molecule has 1 N–H and O–H groups in total. The number of aryl methyl sites for hydroxylation is 2. The zero-order valence-corrected chi connectivity index (χ0v) is 13.4. The highest BCUT2D eigenvalue weighted by molar-refractivity contribution is 6.35. The Morgan fingerprint density at radius 3 is 2.71 bits per heavy atom. The number of rotatable bonds is 4. The normalized spacial score (nSPS) is 10.5. The van der Waals surface area contributed by atoms with Crippen molar-refractivity contribution in [2.24, 2.45) is 0 Å². The first-order valence-electron chi connectivity index (χ1n) is 6.35. The third-order valence-corrected chi connectivity index (χ3v) is 3.73. The largest absolute Gasteiger partial charge is 0.495 e. The highest BCUT2D eigenvalue weighted by Gasteiger charge is 2.20. The summed E-state index contributed by atoms with van der Waals surface area (Å²) >= 11 is 12.2. The van der Waals surface area contributed by atoms with Crippen LogP contribution < -0.4 is 10.1 Å². The van der Waals surface area contributed by atoms with E-state index >= 15 is 0 Å². The lowest BCUT2D eigenvalue weighted by Gasteiger charge is -2.09. The molecule has 5 nitrogen and oxygen atoms in total. The fraction of sp³-hybridized carbons (Fsp3) is 0.286. The number of nitrogens with one attached hydrogen (secondary N) is 1. The minimum atomic E-state index is -0.330. The first-order valence-corrected chi connectivity index (χ1v) is 7.11. The molecule has 1 heterocycles. The molecule has 0 atom stereocenters. The second-order valence-corrected chi connectivity index (χ2v) is 5.15. The lowest BCUT2D eigenvalue weighted by molar-refractivity contribution is 0.101. The van der Waals surface area contributed by atoms with E-state index in [1.807, 2.05) is 6.92 Å². The number of benzene rings is 1. The molecule has 0 aliphatic rings. The van der Waals surface area contributed by atoms with Gasteiger partial charge in [0.2, 0.25) is 0 Å². The number of hydrogen-bond acceptors (Lipinski definition) is 3. The molecule has 1 aromatic heterocycles. The van der Waals surface area contributed by atoms with E-state index < -0.39 is 0 Å². The number of carbonyl (C=O) groups excluding carboxylic acids is 1. The van der Waals surface area contributed by atoms with Crippen LogP contribution >= 0.6 is 23.2 Å². The summed E-state index contributed by atoms with van der Waals surface area (Å²) in [5.41, 5.74) is 1.52. The summed E-state index contributed by atoms with van der Waals surface area (Å²) in [7, 11) is 1.53. The first-order chi connectivity index (χ1) is 9.97. The maximum atomic E-state index is 12.4. The molecule has 1 amide bonds. The maximum Gasteiger partial charge on any atom is 0.275 e. The third kappa shape index (κ3) is 3.14. The van der Waals surface area contributed by atoms with Crippen LogP contribution in [0.15, 0.2) is 18.2 Å². The van der Waals surface area contributed by atoms with Crippen molar-refractivity contribution in [3.05, 3.63) is 39.6 Å². The Hall–Kier alpha value is -1.72. The zero-order chi connectivity index (χ0) is 15.6. The van der Waals surface area contributed by atoms with Crippen molar-refractivity contribution in [3.8, 4) is 5.75 Å². The van der Waals surface area contributed by atoms with Gasteiger partial charge in [0.15, 0.2) is 0 Å². The Kier molecular flexibility index (Phi) is 4.75. The van der Waals surface area contributed by atoms with E-state index in [-0.39, 0.29) is 5.91 Å². The highest BCUT2D eigenvalue weighted by atomic mass is 35.5. The van der Waals surface area contributed by atoms with Crippen molar-refractivity contribution in [1.82, 2.24) is 9.78 Å².